The number of aromatic nitrogens is 2. The number of fused-ring (bicyclic) bond motifs is 1. The van der Waals surface area contributed by atoms with Gasteiger partial charge in [-0.25, -0.2) is 13.6 Å². The van der Waals surface area contributed by atoms with E-state index in [0.717, 1.165) is 28.0 Å². The van der Waals surface area contributed by atoms with Crippen molar-refractivity contribution in [2.24, 2.45) is 10.9 Å². The smallest absolute Gasteiger partial charge is 0.248 e. The third-order valence-corrected chi connectivity index (χ3v) is 7.74. The summed E-state index contributed by atoms with van der Waals surface area (Å²) in [6, 6.07) is 14.9. The first-order chi connectivity index (χ1) is 14.7. The van der Waals surface area contributed by atoms with Crippen molar-refractivity contribution in [1.29, 1.82) is 0 Å². The molecular formula is C21H21ClN4O3S2. The van der Waals surface area contributed by atoms with E-state index in [-0.39, 0.29) is 8.55 Å². The third kappa shape index (κ3) is 4.25. The van der Waals surface area contributed by atoms with Crippen molar-refractivity contribution in [3.63, 3.8) is 0 Å². The monoisotopic (exact) mass is 476 g/mol. The lowest BCUT2D eigenvalue weighted by Crippen LogP contribution is -2.11. The van der Waals surface area contributed by atoms with Gasteiger partial charge in [0.1, 0.15) is 9.90 Å². The number of hydrogen-bond acceptors (Lipinski definition) is 6. The van der Waals surface area contributed by atoms with Gasteiger partial charge in [-0.15, -0.1) is 11.3 Å². The van der Waals surface area contributed by atoms with E-state index in [1.165, 1.54) is 0 Å². The molecule has 2 aromatic heterocycles. The van der Waals surface area contributed by atoms with Crippen LogP contribution >= 0.6 is 22.9 Å². The highest BCUT2D eigenvalue weighted by Crippen LogP contribution is 2.41. The molecule has 0 radical (unpaired) electrons. The highest BCUT2D eigenvalue weighted by atomic mass is 35.5. The maximum absolute atomic E-state index is 12.2. The molecule has 0 saturated carbocycles. The summed E-state index contributed by atoms with van der Waals surface area (Å²) in [6.45, 7) is 2.52. The maximum atomic E-state index is 12.2. The standard InChI is InChI=1S/C21H21ClN4O3S2/c1-12(27)15-6-3-7-17-19(15)20(16-9-18(22)30-21(16)31(24,28)29)25-26(17)11-14-5-2-4-13(8-14)10-23/h2-9,12,27H,10-11,23H2,1H3,(H2,24,28,29). The van der Waals surface area contributed by atoms with Crippen molar-refractivity contribution in [3.8, 4) is 11.3 Å². The molecule has 31 heavy (non-hydrogen) atoms. The number of thiophene rings is 1. The van der Waals surface area contributed by atoms with Gasteiger partial charge in [-0.2, -0.15) is 5.10 Å². The largest absolute Gasteiger partial charge is 0.389 e. The number of rotatable bonds is 6. The van der Waals surface area contributed by atoms with E-state index in [0.29, 0.717) is 35.3 Å². The van der Waals surface area contributed by atoms with Crippen LogP contribution in [0.4, 0.5) is 0 Å². The van der Waals surface area contributed by atoms with E-state index in [4.69, 9.17) is 27.6 Å². The van der Waals surface area contributed by atoms with Crippen LogP contribution in [0.5, 0.6) is 0 Å². The molecule has 4 aromatic rings. The number of benzene rings is 2. The summed E-state index contributed by atoms with van der Waals surface area (Å²) in [5, 5.41) is 21.2. The molecule has 0 aliphatic carbocycles. The lowest BCUT2D eigenvalue weighted by molar-refractivity contribution is 0.201. The Morgan fingerprint density at radius 1 is 1.19 bits per heavy atom. The molecule has 10 heteroatoms. The second kappa shape index (κ2) is 8.34. The van der Waals surface area contributed by atoms with Gasteiger partial charge in [-0.05, 0) is 35.7 Å². The van der Waals surface area contributed by atoms with Gasteiger partial charge in [0.25, 0.3) is 0 Å². The molecule has 0 aliphatic rings. The molecule has 0 saturated heterocycles. The summed E-state index contributed by atoms with van der Waals surface area (Å²) in [6.07, 6.45) is -0.785. The average molecular weight is 477 g/mol. The molecule has 0 bridgehead atoms. The van der Waals surface area contributed by atoms with Crippen LogP contribution in [0.25, 0.3) is 22.2 Å². The van der Waals surface area contributed by atoms with Gasteiger partial charge in [0.2, 0.25) is 10.0 Å². The molecule has 7 nitrogen and oxygen atoms in total. The van der Waals surface area contributed by atoms with Crippen molar-refractivity contribution >= 4 is 43.9 Å². The lowest BCUT2D eigenvalue weighted by atomic mass is 10.0. The Balaban J connectivity index is 1.98. The Bertz CT molecular complexity index is 1380. The van der Waals surface area contributed by atoms with Crippen molar-refractivity contribution in [3.05, 3.63) is 69.6 Å². The summed E-state index contributed by atoms with van der Waals surface area (Å²) >= 11 is 7.03. The molecule has 2 heterocycles. The first-order valence-electron chi connectivity index (χ1n) is 9.47. The Morgan fingerprint density at radius 3 is 2.58 bits per heavy atom. The fraction of sp³-hybridized carbons (Fsp3) is 0.190. The number of aliphatic hydroxyl groups is 1. The number of nitrogens with two attached hydrogens (primary N) is 2. The number of hydrogen-bond donors (Lipinski definition) is 3. The quantitative estimate of drug-likeness (QED) is 0.392. The van der Waals surface area contributed by atoms with Crippen LogP contribution in [0.1, 0.15) is 29.7 Å². The summed E-state index contributed by atoms with van der Waals surface area (Å²) in [5.41, 5.74) is 9.89. The fourth-order valence-corrected chi connectivity index (χ4v) is 5.96. The Kier molecular flexibility index (Phi) is 5.91. The van der Waals surface area contributed by atoms with Crippen LogP contribution in [-0.2, 0) is 23.1 Å². The zero-order valence-corrected chi connectivity index (χ0v) is 19.0. The number of nitrogens with zero attached hydrogens (tertiary/aromatic N) is 2. The van der Waals surface area contributed by atoms with Crippen LogP contribution in [0, 0.1) is 0 Å². The second-order valence-electron chi connectivity index (χ2n) is 7.24. The van der Waals surface area contributed by atoms with E-state index >= 15 is 0 Å². The normalized spacial score (nSPS) is 13.1. The van der Waals surface area contributed by atoms with Crippen molar-refractivity contribution in [2.75, 3.05) is 0 Å². The fourth-order valence-electron chi connectivity index (χ4n) is 3.66. The highest BCUT2D eigenvalue weighted by Gasteiger charge is 2.26. The first kappa shape index (κ1) is 21.9. The van der Waals surface area contributed by atoms with Gasteiger partial charge < -0.3 is 10.8 Å². The maximum Gasteiger partial charge on any atom is 0.248 e. The molecule has 0 amide bonds. The van der Waals surface area contributed by atoms with Crippen LogP contribution in [-0.4, -0.2) is 23.3 Å². The molecule has 4 rings (SSSR count). The van der Waals surface area contributed by atoms with E-state index in [1.807, 2.05) is 36.4 Å². The molecule has 0 spiro atoms. The van der Waals surface area contributed by atoms with Crippen molar-refractivity contribution < 1.29 is 13.5 Å². The summed E-state index contributed by atoms with van der Waals surface area (Å²) in [7, 11) is -4.01. The summed E-state index contributed by atoms with van der Waals surface area (Å²) in [5.74, 6) is 0. The van der Waals surface area contributed by atoms with E-state index in [2.05, 4.69) is 0 Å². The Hall–Kier alpha value is -2.27. The topological polar surface area (TPSA) is 124 Å². The van der Waals surface area contributed by atoms with E-state index < -0.39 is 16.1 Å². The van der Waals surface area contributed by atoms with Gasteiger partial charge >= 0.3 is 0 Å². The Morgan fingerprint density at radius 2 is 1.90 bits per heavy atom. The lowest BCUT2D eigenvalue weighted by Gasteiger charge is -2.09. The zero-order valence-electron chi connectivity index (χ0n) is 16.6. The number of halogens is 1. The molecular weight excluding hydrogens is 456 g/mol. The van der Waals surface area contributed by atoms with E-state index in [1.54, 1.807) is 23.7 Å². The predicted molar refractivity (Wildman–Crippen MR) is 123 cm³/mol. The number of primary sulfonamides is 1. The molecule has 0 aliphatic heterocycles. The number of sulfonamides is 1. The van der Waals surface area contributed by atoms with Gasteiger partial charge in [0, 0.05) is 17.5 Å². The first-order valence-corrected chi connectivity index (χ1v) is 12.2. The molecule has 2 aromatic carbocycles. The van der Waals surface area contributed by atoms with Crippen LogP contribution in [0.2, 0.25) is 4.34 Å². The van der Waals surface area contributed by atoms with Crippen LogP contribution < -0.4 is 10.9 Å². The van der Waals surface area contributed by atoms with Gasteiger partial charge in [0.15, 0.2) is 0 Å². The molecule has 0 fully saturated rings. The van der Waals surface area contributed by atoms with Crippen molar-refractivity contribution in [1.82, 2.24) is 9.78 Å². The zero-order chi connectivity index (χ0) is 22.3. The molecule has 5 N–H and O–H groups in total. The minimum absolute atomic E-state index is 0.0606. The SMILES string of the molecule is CC(O)c1cccc2c1c(-c1cc(Cl)sc1S(N)(=O)=O)nn2Cc1cccc(CN)c1. The summed E-state index contributed by atoms with van der Waals surface area (Å²) in [4.78, 5) is 0. The van der Waals surface area contributed by atoms with Gasteiger partial charge in [0.05, 0.1) is 22.5 Å². The minimum atomic E-state index is -4.01. The summed E-state index contributed by atoms with van der Waals surface area (Å²) < 4.78 is 26.4. The highest BCUT2D eigenvalue weighted by molar-refractivity contribution is 7.91. The predicted octanol–water partition coefficient (Wildman–Crippen LogP) is 3.63. The Labute approximate surface area is 188 Å². The number of aliphatic hydroxyl groups excluding tert-OH is 1. The molecule has 162 valence electrons. The minimum Gasteiger partial charge on any atom is -0.389 e. The average Bonchev–Trinajstić information content (AvgIpc) is 3.28. The van der Waals surface area contributed by atoms with Crippen molar-refractivity contribution in [2.45, 2.75) is 30.3 Å². The van der Waals surface area contributed by atoms with Crippen LogP contribution in [0.15, 0.2) is 52.7 Å². The third-order valence-electron chi connectivity index (χ3n) is 5.00. The molecule has 1 unspecified atom stereocenters. The van der Waals surface area contributed by atoms with Crippen LogP contribution in [0.3, 0.4) is 0 Å². The van der Waals surface area contributed by atoms with Gasteiger partial charge in [-0.1, -0.05) is 48.0 Å². The van der Waals surface area contributed by atoms with Gasteiger partial charge in [-0.3, -0.25) is 4.68 Å². The van der Waals surface area contributed by atoms with E-state index in [9.17, 15) is 13.5 Å². The second-order valence-corrected chi connectivity index (χ2v) is 10.7. The molecule has 1 atom stereocenters.